The second-order valence-corrected chi connectivity index (χ2v) is 4.75. The molecule has 0 heterocycles. The van der Waals surface area contributed by atoms with E-state index < -0.39 is 6.10 Å². The maximum atomic E-state index is 9.51. The zero-order valence-corrected chi connectivity index (χ0v) is 12.2. The average molecular weight is 270 g/mol. The van der Waals surface area contributed by atoms with Gasteiger partial charge in [-0.25, -0.2) is 0 Å². The van der Waals surface area contributed by atoms with Crippen LogP contribution in [0.5, 0.6) is 0 Å². The van der Waals surface area contributed by atoms with Gasteiger partial charge in [0.05, 0.1) is 19.8 Å². The summed E-state index contributed by atoms with van der Waals surface area (Å²) in [5.74, 6) is 0. The smallest absolute Gasteiger partial charge is 0.101 e. The van der Waals surface area contributed by atoms with Crippen LogP contribution in [0.4, 0.5) is 0 Å². The minimum atomic E-state index is -0.529. The maximum Gasteiger partial charge on any atom is 0.101 e. The Balaban J connectivity index is 3.09. The van der Waals surface area contributed by atoms with E-state index in [2.05, 4.69) is 13.2 Å². The predicted octanol–water partition coefficient (Wildman–Crippen LogP) is 3.48. The van der Waals surface area contributed by atoms with Gasteiger partial charge >= 0.3 is 0 Å². The van der Waals surface area contributed by atoms with Crippen molar-refractivity contribution in [2.45, 2.75) is 51.0 Å². The van der Waals surface area contributed by atoms with Crippen LogP contribution in [0, 0.1) is 0 Å². The fourth-order valence-electron chi connectivity index (χ4n) is 1.75. The van der Waals surface area contributed by atoms with Crippen LogP contribution in [0.2, 0.25) is 0 Å². The molecule has 19 heavy (non-hydrogen) atoms. The van der Waals surface area contributed by atoms with Crippen molar-refractivity contribution in [3.63, 3.8) is 0 Å². The Kier molecular flexibility index (Phi) is 14.9. The van der Waals surface area contributed by atoms with Gasteiger partial charge in [0.2, 0.25) is 0 Å². The van der Waals surface area contributed by atoms with Gasteiger partial charge in [0.1, 0.15) is 6.10 Å². The van der Waals surface area contributed by atoms with Crippen LogP contribution in [0.25, 0.3) is 0 Å². The lowest BCUT2D eigenvalue weighted by Crippen LogP contribution is -2.22. The summed E-state index contributed by atoms with van der Waals surface area (Å²) in [7, 11) is 0. The Morgan fingerprint density at radius 2 is 1.47 bits per heavy atom. The summed E-state index contributed by atoms with van der Waals surface area (Å²) >= 11 is 0. The van der Waals surface area contributed by atoms with Crippen molar-refractivity contribution in [3.8, 4) is 0 Å². The first-order valence-electron chi connectivity index (χ1n) is 7.36. The molecule has 1 atom stereocenters. The van der Waals surface area contributed by atoms with E-state index in [9.17, 15) is 5.11 Å². The van der Waals surface area contributed by atoms with Crippen LogP contribution in [-0.2, 0) is 9.47 Å². The highest BCUT2D eigenvalue weighted by atomic mass is 16.5. The molecular formula is C16H30O3. The Morgan fingerprint density at radius 1 is 0.842 bits per heavy atom. The van der Waals surface area contributed by atoms with Gasteiger partial charge in [-0.2, -0.15) is 0 Å². The molecule has 0 aromatic rings. The van der Waals surface area contributed by atoms with Crippen molar-refractivity contribution in [2.75, 3.05) is 26.4 Å². The third kappa shape index (κ3) is 15.3. The minimum absolute atomic E-state index is 0.315. The van der Waals surface area contributed by atoms with Gasteiger partial charge in [-0.1, -0.05) is 37.8 Å². The first-order chi connectivity index (χ1) is 9.31. The number of aliphatic hydroxyl groups is 1. The largest absolute Gasteiger partial charge is 0.388 e. The number of hydrogen-bond donors (Lipinski definition) is 1. The second kappa shape index (κ2) is 15.4. The van der Waals surface area contributed by atoms with E-state index in [1.807, 2.05) is 6.08 Å². The highest BCUT2D eigenvalue weighted by Crippen LogP contribution is 2.07. The molecule has 3 heteroatoms. The van der Waals surface area contributed by atoms with Crippen molar-refractivity contribution >= 4 is 0 Å². The van der Waals surface area contributed by atoms with Crippen LogP contribution in [0.3, 0.4) is 0 Å². The van der Waals surface area contributed by atoms with E-state index in [4.69, 9.17) is 9.47 Å². The molecule has 0 aromatic carbocycles. The van der Waals surface area contributed by atoms with Crippen LogP contribution in [0.15, 0.2) is 25.3 Å². The molecule has 0 rings (SSSR count). The quantitative estimate of drug-likeness (QED) is 0.366. The van der Waals surface area contributed by atoms with Gasteiger partial charge in [-0.15, -0.1) is 13.2 Å². The Morgan fingerprint density at radius 3 is 2.16 bits per heavy atom. The SMILES string of the molecule is C=CCCCCCCCCOCC(O)COCC=C. The summed E-state index contributed by atoms with van der Waals surface area (Å²) in [6, 6.07) is 0. The Bertz CT molecular complexity index is 204. The number of allylic oxidation sites excluding steroid dienone is 1. The normalized spacial score (nSPS) is 12.3. The third-order valence-corrected chi connectivity index (χ3v) is 2.80. The van der Waals surface area contributed by atoms with Crippen molar-refractivity contribution in [1.82, 2.24) is 0 Å². The molecule has 112 valence electrons. The summed E-state index contributed by atoms with van der Waals surface area (Å²) in [6.07, 6.45) is 11.7. The summed E-state index contributed by atoms with van der Waals surface area (Å²) in [5.41, 5.74) is 0. The van der Waals surface area contributed by atoms with Crippen LogP contribution in [0.1, 0.15) is 44.9 Å². The lowest BCUT2D eigenvalue weighted by molar-refractivity contribution is -0.0137. The number of rotatable bonds is 15. The molecule has 1 N–H and O–H groups in total. The average Bonchev–Trinajstić information content (AvgIpc) is 2.41. The van der Waals surface area contributed by atoms with Gasteiger partial charge in [-0.3, -0.25) is 0 Å². The standard InChI is InChI=1S/C16H30O3/c1-3-5-6-7-8-9-10-11-13-19-15-16(17)14-18-12-4-2/h3-4,16-17H,1-2,5-15H2. The molecule has 0 aromatic heterocycles. The molecule has 0 amide bonds. The van der Waals surface area contributed by atoms with Crippen molar-refractivity contribution in [1.29, 1.82) is 0 Å². The number of aliphatic hydroxyl groups excluding tert-OH is 1. The van der Waals surface area contributed by atoms with Gasteiger partial charge in [0.15, 0.2) is 0 Å². The molecule has 1 unspecified atom stereocenters. The maximum absolute atomic E-state index is 9.51. The van der Waals surface area contributed by atoms with Crippen molar-refractivity contribution < 1.29 is 14.6 Å². The summed E-state index contributed by atoms with van der Waals surface area (Å²) in [6.45, 7) is 9.13. The molecule has 0 saturated heterocycles. The first kappa shape index (κ1) is 18.4. The fraction of sp³-hybridized carbons (Fsp3) is 0.750. The first-order valence-corrected chi connectivity index (χ1v) is 7.36. The van der Waals surface area contributed by atoms with Crippen LogP contribution >= 0.6 is 0 Å². The van der Waals surface area contributed by atoms with Gasteiger partial charge in [0, 0.05) is 6.61 Å². The predicted molar refractivity (Wildman–Crippen MR) is 80.4 cm³/mol. The van der Waals surface area contributed by atoms with E-state index in [0.717, 1.165) is 19.4 Å². The van der Waals surface area contributed by atoms with E-state index in [1.165, 1.54) is 32.1 Å². The summed E-state index contributed by atoms with van der Waals surface area (Å²) in [5, 5.41) is 9.51. The summed E-state index contributed by atoms with van der Waals surface area (Å²) < 4.78 is 10.5. The fourth-order valence-corrected chi connectivity index (χ4v) is 1.75. The Labute approximate surface area is 118 Å². The number of hydrogen-bond acceptors (Lipinski definition) is 3. The molecule has 3 nitrogen and oxygen atoms in total. The molecule has 0 fully saturated rings. The summed E-state index contributed by atoms with van der Waals surface area (Å²) in [4.78, 5) is 0. The number of unbranched alkanes of at least 4 members (excludes halogenated alkanes) is 6. The van der Waals surface area contributed by atoms with Crippen molar-refractivity contribution in [3.05, 3.63) is 25.3 Å². The lowest BCUT2D eigenvalue weighted by Gasteiger charge is -2.11. The van der Waals surface area contributed by atoms with E-state index >= 15 is 0 Å². The molecule has 0 aliphatic rings. The van der Waals surface area contributed by atoms with Crippen LogP contribution in [-0.4, -0.2) is 37.6 Å². The Hall–Kier alpha value is -0.640. The second-order valence-electron chi connectivity index (χ2n) is 4.75. The van der Waals surface area contributed by atoms with E-state index in [0.29, 0.717) is 19.8 Å². The molecule has 0 aliphatic carbocycles. The minimum Gasteiger partial charge on any atom is -0.388 e. The number of ether oxygens (including phenoxy) is 2. The molecule has 0 spiro atoms. The zero-order chi connectivity index (χ0) is 14.2. The molecule has 0 radical (unpaired) electrons. The lowest BCUT2D eigenvalue weighted by atomic mass is 10.1. The van der Waals surface area contributed by atoms with Gasteiger partial charge in [-0.05, 0) is 19.3 Å². The monoisotopic (exact) mass is 270 g/mol. The zero-order valence-electron chi connectivity index (χ0n) is 12.2. The van der Waals surface area contributed by atoms with Crippen molar-refractivity contribution in [2.24, 2.45) is 0 Å². The highest BCUT2D eigenvalue weighted by molar-refractivity contribution is 4.65. The van der Waals surface area contributed by atoms with Gasteiger partial charge < -0.3 is 14.6 Å². The van der Waals surface area contributed by atoms with Gasteiger partial charge in [0.25, 0.3) is 0 Å². The van der Waals surface area contributed by atoms with Crippen LogP contribution < -0.4 is 0 Å². The molecule has 0 bridgehead atoms. The van der Waals surface area contributed by atoms with E-state index in [1.54, 1.807) is 6.08 Å². The molecule has 0 saturated carbocycles. The van der Waals surface area contributed by atoms with E-state index in [-0.39, 0.29) is 0 Å². The molecule has 0 aliphatic heterocycles. The molecular weight excluding hydrogens is 240 g/mol. The highest BCUT2D eigenvalue weighted by Gasteiger charge is 2.03. The third-order valence-electron chi connectivity index (χ3n) is 2.80. The topological polar surface area (TPSA) is 38.7 Å².